The molecule has 0 fully saturated rings. The summed E-state index contributed by atoms with van der Waals surface area (Å²) >= 11 is 0. The quantitative estimate of drug-likeness (QED) is 0.646. The number of benzene rings is 1. The van der Waals surface area contributed by atoms with Crippen LogP contribution in [-0.4, -0.2) is 12.5 Å². The van der Waals surface area contributed by atoms with E-state index < -0.39 is 11.7 Å². The second kappa shape index (κ2) is 6.83. The molecule has 0 atom stereocenters. The van der Waals surface area contributed by atoms with Gasteiger partial charge in [0.1, 0.15) is 0 Å². The van der Waals surface area contributed by atoms with Gasteiger partial charge in [0.05, 0.1) is 12.0 Å². The molecule has 0 unspecified atom stereocenters. The van der Waals surface area contributed by atoms with Crippen LogP contribution in [0.4, 0.5) is 13.2 Å². The molecule has 0 spiro atoms. The minimum Gasteiger partial charge on any atom is -0.356 e. The van der Waals surface area contributed by atoms with Gasteiger partial charge in [-0.1, -0.05) is 12.1 Å². The lowest BCUT2D eigenvalue weighted by Crippen LogP contribution is -2.26. The van der Waals surface area contributed by atoms with Gasteiger partial charge in [0, 0.05) is 13.0 Å². The third-order valence-electron chi connectivity index (χ3n) is 2.47. The first kappa shape index (κ1) is 15.1. The molecule has 102 valence electrons. The number of amides is 1. The molecule has 0 saturated heterocycles. The number of hydrogen-bond donors (Lipinski definition) is 1. The standard InChI is InChI=1S/C14H14F3NO/c1-2-3-4-9-18-13(19)10-11-5-7-12(8-6-11)14(15,16)17/h1,5-8H,3-4,9-10H2,(H,18,19). The molecule has 19 heavy (non-hydrogen) atoms. The molecule has 5 heteroatoms. The normalized spacial score (nSPS) is 10.8. The highest BCUT2D eigenvalue weighted by molar-refractivity contribution is 5.78. The third kappa shape index (κ3) is 5.47. The van der Waals surface area contributed by atoms with Gasteiger partial charge in [-0.3, -0.25) is 4.79 Å². The van der Waals surface area contributed by atoms with Crippen molar-refractivity contribution in [3.8, 4) is 12.3 Å². The molecule has 2 nitrogen and oxygen atoms in total. The number of hydrogen-bond acceptors (Lipinski definition) is 1. The first-order valence-electron chi connectivity index (χ1n) is 5.80. The molecular formula is C14H14F3NO. The second-order valence-electron chi connectivity index (χ2n) is 4.03. The van der Waals surface area contributed by atoms with Crippen molar-refractivity contribution in [1.82, 2.24) is 5.32 Å². The Balaban J connectivity index is 2.45. The van der Waals surface area contributed by atoms with Gasteiger partial charge in [-0.2, -0.15) is 13.2 Å². The smallest absolute Gasteiger partial charge is 0.356 e. The van der Waals surface area contributed by atoms with Crippen LogP contribution in [0, 0.1) is 12.3 Å². The molecule has 1 aromatic carbocycles. The molecule has 0 aliphatic carbocycles. The zero-order valence-electron chi connectivity index (χ0n) is 10.3. The lowest BCUT2D eigenvalue weighted by molar-refractivity contribution is -0.137. The monoisotopic (exact) mass is 269 g/mol. The van der Waals surface area contributed by atoms with Crippen LogP contribution >= 0.6 is 0 Å². The molecule has 1 amide bonds. The zero-order valence-corrected chi connectivity index (χ0v) is 10.3. The molecule has 1 rings (SSSR count). The van der Waals surface area contributed by atoms with Gasteiger partial charge in [-0.25, -0.2) is 0 Å². The summed E-state index contributed by atoms with van der Waals surface area (Å²) < 4.78 is 37.0. The molecule has 0 aromatic heterocycles. The number of carbonyl (C=O) groups is 1. The van der Waals surface area contributed by atoms with E-state index in [1.54, 1.807) is 0 Å². The first-order chi connectivity index (χ1) is 8.93. The van der Waals surface area contributed by atoms with Crippen LogP contribution in [-0.2, 0) is 17.4 Å². The molecule has 0 heterocycles. The average Bonchev–Trinajstić information content (AvgIpc) is 2.34. The Hall–Kier alpha value is -1.96. The fourth-order valence-corrected chi connectivity index (χ4v) is 1.48. The Labute approximate surface area is 110 Å². The summed E-state index contributed by atoms with van der Waals surface area (Å²) in [6.07, 6.45) is 2.05. The minimum atomic E-state index is -4.35. The molecule has 1 aromatic rings. The fraction of sp³-hybridized carbons (Fsp3) is 0.357. The number of rotatable bonds is 5. The highest BCUT2D eigenvalue weighted by atomic mass is 19.4. The van der Waals surface area contributed by atoms with Gasteiger partial charge in [-0.15, -0.1) is 12.3 Å². The van der Waals surface area contributed by atoms with Crippen molar-refractivity contribution in [1.29, 1.82) is 0 Å². The van der Waals surface area contributed by atoms with E-state index in [0.717, 1.165) is 12.1 Å². The summed E-state index contributed by atoms with van der Waals surface area (Å²) in [5.74, 6) is 2.23. The zero-order chi connectivity index (χ0) is 14.3. The van der Waals surface area contributed by atoms with Crippen LogP contribution < -0.4 is 5.32 Å². The van der Waals surface area contributed by atoms with Gasteiger partial charge in [0.25, 0.3) is 0 Å². The maximum Gasteiger partial charge on any atom is 0.416 e. The highest BCUT2D eigenvalue weighted by Crippen LogP contribution is 2.29. The van der Waals surface area contributed by atoms with Crippen LogP contribution in [0.5, 0.6) is 0 Å². The molecule has 0 aliphatic heterocycles. The van der Waals surface area contributed by atoms with Crippen molar-refractivity contribution in [2.75, 3.05) is 6.54 Å². The number of halogens is 3. The summed E-state index contributed by atoms with van der Waals surface area (Å²) in [5, 5.41) is 2.65. The Morgan fingerprint density at radius 2 is 1.89 bits per heavy atom. The molecule has 0 saturated carbocycles. The lowest BCUT2D eigenvalue weighted by atomic mass is 10.1. The van der Waals surface area contributed by atoms with Crippen LogP contribution in [0.15, 0.2) is 24.3 Å². The van der Waals surface area contributed by atoms with Crippen LogP contribution in [0.2, 0.25) is 0 Å². The number of unbranched alkanes of at least 4 members (excludes halogenated alkanes) is 1. The Bertz CT molecular complexity index is 457. The van der Waals surface area contributed by atoms with Crippen molar-refractivity contribution in [3.63, 3.8) is 0 Å². The molecule has 0 bridgehead atoms. The number of nitrogens with one attached hydrogen (secondary N) is 1. The third-order valence-corrected chi connectivity index (χ3v) is 2.47. The van der Waals surface area contributed by atoms with E-state index in [1.165, 1.54) is 12.1 Å². The van der Waals surface area contributed by atoms with E-state index in [2.05, 4.69) is 11.2 Å². The van der Waals surface area contributed by atoms with Crippen molar-refractivity contribution in [3.05, 3.63) is 35.4 Å². The molecule has 1 N–H and O–H groups in total. The van der Waals surface area contributed by atoms with Crippen molar-refractivity contribution in [2.45, 2.75) is 25.4 Å². The average molecular weight is 269 g/mol. The van der Waals surface area contributed by atoms with E-state index in [-0.39, 0.29) is 12.3 Å². The van der Waals surface area contributed by atoms with Gasteiger partial charge < -0.3 is 5.32 Å². The van der Waals surface area contributed by atoms with Gasteiger partial charge in [-0.05, 0) is 24.1 Å². The number of terminal acetylenes is 1. The maximum absolute atomic E-state index is 12.3. The fourth-order valence-electron chi connectivity index (χ4n) is 1.48. The molecular weight excluding hydrogens is 255 g/mol. The summed E-state index contributed by atoms with van der Waals surface area (Å²) in [6.45, 7) is 0.476. The Morgan fingerprint density at radius 3 is 2.42 bits per heavy atom. The Kier molecular flexibility index (Phi) is 5.43. The van der Waals surface area contributed by atoms with E-state index >= 15 is 0 Å². The summed E-state index contributed by atoms with van der Waals surface area (Å²) in [6, 6.07) is 4.57. The van der Waals surface area contributed by atoms with Crippen molar-refractivity contribution < 1.29 is 18.0 Å². The van der Waals surface area contributed by atoms with Crippen molar-refractivity contribution in [2.24, 2.45) is 0 Å². The van der Waals surface area contributed by atoms with Gasteiger partial charge in [0.15, 0.2) is 0 Å². The largest absolute Gasteiger partial charge is 0.416 e. The topological polar surface area (TPSA) is 29.1 Å². The highest BCUT2D eigenvalue weighted by Gasteiger charge is 2.29. The summed E-state index contributed by atoms with van der Waals surface area (Å²) in [7, 11) is 0. The molecule has 0 radical (unpaired) electrons. The second-order valence-corrected chi connectivity index (χ2v) is 4.03. The summed E-state index contributed by atoms with van der Waals surface area (Å²) in [5.41, 5.74) is -0.173. The van der Waals surface area contributed by atoms with E-state index in [4.69, 9.17) is 6.42 Å². The maximum atomic E-state index is 12.3. The van der Waals surface area contributed by atoms with Crippen molar-refractivity contribution >= 4 is 5.91 Å². The van der Waals surface area contributed by atoms with Gasteiger partial charge in [0.2, 0.25) is 5.91 Å². The number of alkyl halides is 3. The number of carbonyl (C=O) groups excluding carboxylic acids is 1. The van der Waals surface area contributed by atoms with Crippen LogP contribution in [0.25, 0.3) is 0 Å². The predicted octanol–water partition coefficient (Wildman–Crippen LogP) is 2.78. The SMILES string of the molecule is C#CCCCNC(=O)Cc1ccc(C(F)(F)F)cc1. The lowest BCUT2D eigenvalue weighted by Gasteiger charge is -2.08. The van der Waals surface area contributed by atoms with E-state index in [0.29, 0.717) is 24.9 Å². The predicted molar refractivity (Wildman–Crippen MR) is 66.2 cm³/mol. The van der Waals surface area contributed by atoms with Crippen LogP contribution in [0.1, 0.15) is 24.0 Å². The minimum absolute atomic E-state index is 0.0637. The van der Waals surface area contributed by atoms with Gasteiger partial charge >= 0.3 is 6.18 Å². The van der Waals surface area contributed by atoms with Crippen LogP contribution in [0.3, 0.4) is 0 Å². The van der Waals surface area contributed by atoms with E-state index in [1.807, 2.05) is 0 Å². The Morgan fingerprint density at radius 1 is 1.26 bits per heavy atom. The summed E-state index contributed by atoms with van der Waals surface area (Å²) in [4.78, 5) is 11.5. The first-order valence-corrected chi connectivity index (χ1v) is 5.80. The molecule has 0 aliphatic rings. The van der Waals surface area contributed by atoms with E-state index in [9.17, 15) is 18.0 Å².